The molecule has 1 amide bonds. The average Bonchev–Trinajstić information content (AvgIpc) is 3.10. The molecular formula is C18H19N3O2. The predicted molar refractivity (Wildman–Crippen MR) is 91.1 cm³/mol. The summed E-state index contributed by atoms with van der Waals surface area (Å²) in [5.74, 6) is -0.497. The smallest absolute Gasteiger partial charge is 0.275 e. The van der Waals surface area contributed by atoms with Gasteiger partial charge in [-0.15, -0.1) is 0 Å². The van der Waals surface area contributed by atoms with Crippen molar-refractivity contribution in [2.24, 2.45) is 5.10 Å². The van der Waals surface area contributed by atoms with E-state index in [1.54, 1.807) is 24.4 Å². The minimum Gasteiger partial charge on any atom is -0.507 e. The van der Waals surface area contributed by atoms with Crippen molar-refractivity contribution in [1.29, 1.82) is 0 Å². The Labute approximate surface area is 135 Å². The van der Waals surface area contributed by atoms with Gasteiger partial charge < -0.3 is 10.0 Å². The summed E-state index contributed by atoms with van der Waals surface area (Å²) in [7, 11) is 0. The van der Waals surface area contributed by atoms with Crippen molar-refractivity contribution in [3.05, 3.63) is 59.7 Å². The van der Waals surface area contributed by atoms with Crippen LogP contribution in [0.15, 0.2) is 53.6 Å². The molecule has 5 nitrogen and oxygen atoms in total. The van der Waals surface area contributed by atoms with E-state index in [2.05, 4.69) is 27.6 Å². The zero-order chi connectivity index (χ0) is 16.1. The number of carbonyl (C=O) groups excluding carboxylic acids is 1. The molecule has 118 valence electrons. The van der Waals surface area contributed by atoms with Crippen LogP contribution in [0.2, 0.25) is 0 Å². The number of nitrogens with one attached hydrogen (secondary N) is 1. The molecule has 23 heavy (non-hydrogen) atoms. The SMILES string of the molecule is O=C(N/N=C\c1ccc(N2CCCC2)cc1)c1ccccc1O. The minimum absolute atomic E-state index is 0.0600. The summed E-state index contributed by atoms with van der Waals surface area (Å²) in [6.45, 7) is 2.23. The molecule has 0 radical (unpaired) electrons. The van der Waals surface area contributed by atoms with E-state index in [1.165, 1.54) is 24.6 Å². The van der Waals surface area contributed by atoms with Crippen LogP contribution >= 0.6 is 0 Å². The molecule has 1 heterocycles. The second-order valence-electron chi connectivity index (χ2n) is 5.50. The summed E-state index contributed by atoms with van der Waals surface area (Å²) < 4.78 is 0. The number of hydrazone groups is 1. The van der Waals surface area contributed by atoms with Crippen LogP contribution in [-0.2, 0) is 0 Å². The van der Waals surface area contributed by atoms with Gasteiger partial charge in [0.2, 0.25) is 0 Å². The molecule has 0 saturated carbocycles. The lowest BCUT2D eigenvalue weighted by Crippen LogP contribution is -2.18. The Hall–Kier alpha value is -2.82. The number of hydrogen-bond acceptors (Lipinski definition) is 4. The summed E-state index contributed by atoms with van der Waals surface area (Å²) in [6.07, 6.45) is 4.09. The maximum Gasteiger partial charge on any atom is 0.275 e. The molecule has 5 heteroatoms. The van der Waals surface area contributed by atoms with Crippen LogP contribution in [0.25, 0.3) is 0 Å². The summed E-state index contributed by atoms with van der Waals surface area (Å²) in [6, 6.07) is 14.5. The number of amides is 1. The second-order valence-corrected chi connectivity index (χ2v) is 5.50. The zero-order valence-electron chi connectivity index (χ0n) is 12.8. The largest absolute Gasteiger partial charge is 0.507 e. The van der Waals surface area contributed by atoms with Gasteiger partial charge in [0, 0.05) is 18.8 Å². The fourth-order valence-corrected chi connectivity index (χ4v) is 2.64. The number of rotatable bonds is 4. The van der Waals surface area contributed by atoms with Gasteiger partial charge in [-0.3, -0.25) is 4.79 Å². The van der Waals surface area contributed by atoms with E-state index in [-0.39, 0.29) is 11.3 Å². The molecule has 1 aliphatic rings. The van der Waals surface area contributed by atoms with Gasteiger partial charge in [-0.1, -0.05) is 24.3 Å². The Kier molecular flexibility index (Phi) is 4.57. The van der Waals surface area contributed by atoms with Gasteiger partial charge in [-0.05, 0) is 42.7 Å². The number of para-hydroxylation sites is 1. The van der Waals surface area contributed by atoms with Crippen LogP contribution in [-0.4, -0.2) is 30.3 Å². The van der Waals surface area contributed by atoms with Gasteiger partial charge in [-0.2, -0.15) is 5.10 Å². The van der Waals surface area contributed by atoms with Gasteiger partial charge in [0.25, 0.3) is 5.91 Å². The van der Waals surface area contributed by atoms with E-state index >= 15 is 0 Å². The highest BCUT2D eigenvalue weighted by molar-refractivity contribution is 5.97. The summed E-state index contributed by atoms with van der Waals surface area (Å²) in [4.78, 5) is 14.3. The first-order valence-electron chi connectivity index (χ1n) is 7.70. The van der Waals surface area contributed by atoms with Crippen molar-refractivity contribution in [2.45, 2.75) is 12.8 Å². The standard InChI is InChI=1S/C18H19N3O2/c22-17-6-2-1-5-16(17)18(23)20-19-13-14-7-9-15(10-8-14)21-11-3-4-12-21/h1-2,5-10,13,22H,3-4,11-12H2,(H,20,23)/b19-13-. The Morgan fingerprint density at radius 3 is 2.48 bits per heavy atom. The molecule has 1 fully saturated rings. The number of nitrogens with zero attached hydrogens (tertiary/aromatic N) is 2. The topological polar surface area (TPSA) is 64.9 Å². The van der Waals surface area contributed by atoms with E-state index < -0.39 is 5.91 Å². The number of phenolic OH excluding ortho intramolecular Hbond substituents is 1. The van der Waals surface area contributed by atoms with Gasteiger partial charge in [0.15, 0.2) is 0 Å². The van der Waals surface area contributed by atoms with E-state index in [4.69, 9.17) is 0 Å². The van der Waals surface area contributed by atoms with Crippen molar-refractivity contribution in [2.75, 3.05) is 18.0 Å². The van der Waals surface area contributed by atoms with E-state index in [1.807, 2.05) is 12.1 Å². The molecule has 2 aromatic rings. The Bertz CT molecular complexity index is 704. The fraction of sp³-hybridized carbons (Fsp3) is 0.222. The normalized spacial score (nSPS) is 14.3. The Morgan fingerprint density at radius 1 is 1.09 bits per heavy atom. The molecule has 0 unspecified atom stereocenters. The second kappa shape index (κ2) is 6.96. The number of carbonyl (C=O) groups is 1. The number of hydrogen-bond donors (Lipinski definition) is 2. The first-order chi connectivity index (χ1) is 11.2. The summed E-state index contributed by atoms with van der Waals surface area (Å²) >= 11 is 0. The predicted octanol–water partition coefficient (Wildman–Crippen LogP) is 2.76. The number of phenols is 1. The van der Waals surface area contributed by atoms with Crippen LogP contribution in [0.4, 0.5) is 5.69 Å². The molecule has 0 atom stereocenters. The van der Waals surface area contributed by atoms with Crippen LogP contribution < -0.4 is 10.3 Å². The fourth-order valence-electron chi connectivity index (χ4n) is 2.64. The van der Waals surface area contributed by atoms with Crippen LogP contribution in [0, 0.1) is 0 Å². The Morgan fingerprint density at radius 2 is 1.78 bits per heavy atom. The highest BCUT2D eigenvalue weighted by Crippen LogP contribution is 2.20. The van der Waals surface area contributed by atoms with Crippen molar-refractivity contribution < 1.29 is 9.90 Å². The molecule has 1 aliphatic heterocycles. The van der Waals surface area contributed by atoms with Crippen molar-refractivity contribution in [1.82, 2.24) is 5.43 Å². The lowest BCUT2D eigenvalue weighted by atomic mass is 10.2. The lowest BCUT2D eigenvalue weighted by Gasteiger charge is -2.17. The molecule has 0 bridgehead atoms. The highest BCUT2D eigenvalue weighted by atomic mass is 16.3. The number of benzene rings is 2. The molecule has 2 N–H and O–H groups in total. The van der Waals surface area contributed by atoms with Gasteiger partial charge >= 0.3 is 0 Å². The van der Waals surface area contributed by atoms with E-state index in [0.29, 0.717) is 0 Å². The average molecular weight is 309 g/mol. The van der Waals surface area contributed by atoms with Gasteiger partial charge in [0.1, 0.15) is 5.75 Å². The summed E-state index contributed by atoms with van der Waals surface area (Å²) in [5.41, 5.74) is 4.75. The first-order valence-corrected chi connectivity index (χ1v) is 7.70. The summed E-state index contributed by atoms with van der Waals surface area (Å²) in [5, 5.41) is 13.6. The van der Waals surface area contributed by atoms with E-state index in [0.717, 1.165) is 18.7 Å². The van der Waals surface area contributed by atoms with Crippen molar-refractivity contribution >= 4 is 17.8 Å². The third-order valence-corrected chi connectivity index (χ3v) is 3.89. The molecular weight excluding hydrogens is 290 g/mol. The Balaban J connectivity index is 1.59. The third kappa shape index (κ3) is 3.69. The number of anilines is 1. The maximum atomic E-state index is 11.9. The van der Waals surface area contributed by atoms with Gasteiger partial charge in [-0.25, -0.2) is 5.43 Å². The van der Waals surface area contributed by atoms with Crippen molar-refractivity contribution in [3.8, 4) is 5.75 Å². The van der Waals surface area contributed by atoms with Crippen molar-refractivity contribution in [3.63, 3.8) is 0 Å². The quantitative estimate of drug-likeness (QED) is 0.674. The molecule has 2 aromatic carbocycles. The minimum atomic E-state index is -0.437. The van der Waals surface area contributed by atoms with Gasteiger partial charge in [0.05, 0.1) is 11.8 Å². The maximum absolute atomic E-state index is 11.9. The zero-order valence-corrected chi connectivity index (χ0v) is 12.8. The van der Waals surface area contributed by atoms with Crippen LogP contribution in [0.3, 0.4) is 0 Å². The van der Waals surface area contributed by atoms with Crippen LogP contribution in [0.5, 0.6) is 5.75 Å². The number of aromatic hydroxyl groups is 1. The molecule has 0 aliphatic carbocycles. The molecule has 3 rings (SSSR count). The monoisotopic (exact) mass is 309 g/mol. The first kappa shape index (κ1) is 15.1. The molecule has 1 saturated heterocycles. The third-order valence-electron chi connectivity index (χ3n) is 3.89. The molecule has 0 aromatic heterocycles. The lowest BCUT2D eigenvalue weighted by molar-refractivity contribution is 0.0952. The van der Waals surface area contributed by atoms with Crippen LogP contribution in [0.1, 0.15) is 28.8 Å². The molecule has 0 spiro atoms. The highest BCUT2D eigenvalue weighted by Gasteiger charge is 2.11. The van der Waals surface area contributed by atoms with E-state index in [9.17, 15) is 9.90 Å².